The SMILES string of the molecule is C[C@@H](Nc1cnnc2ccc(N3CCN(C(=O)C4CCOC4)CC3)cc12)c1cccc(C(F)(F)CO)c1F. The molecule has 0 bridgehead atoms. The van der Waals surface area contributed by atoms with E-state index in [9.17, 15) is 13.6 Å². The van der Waals surface area contributed by atoms with E-state index in [1.165, 1.54) is 18.3 Å². The van der Waals surface area contributed by atoms with Gasteiger partial charge in [-0.25, -0.2) is 4.39 Å². The van der Waals surface area contributed by atoms with Gasteiger partial charge in [-0.05, 0) is 37.6 Å². The lowest BCUT2D eigenvalue weighted by atomic mass is 10.00. The molecule has 2 atom stereocenters. The molecule has 11 heteroatoms. The molecular weight excluding hydrogens is 499 g/mol. The highest BCUT2D eigenvalue weighted by Gasteiger charge is 2.35. The summed E-state index contributed by atoms with van der Waals surface area (Å²) in [7, 11) is 0. The number of halogens is 3. The molecular formula is C27H30F3N5O3. The van der Waals surface area contributed by atoms with Crippen LogP contribution < -0.4 is 10.2 Å². The first-order valence-electron chi connectivity index (χ1n) is 12.7. The number of aliphatic hydroxyl groups is 1. The Morgan fingerprint density at radius 3 is 2.74 bits per heavy atom. The molecule has 0 spiro atoms. The van der Waals surface area contributed by atoms with E-state index >= 15 is 4.39 Å². The average molecular weight is 530 g/mol. The number of nitrogens with one attached hydrogen (secondary N) is 1. The fraction of sp³-hybridized carbons (Fsp3) is 0.444. The molecule has 8 nitrogen and oxygen atoms in total. The molecule has 2 fully saturated rings. The zero-order valence-corrected chi connectivity index (χ0v) is 21.0. The molecule has 1 unspecified atom stereocenters. The van der Waals surface area contributed by atoms with Gasteiger partial charge in [0.15, 0.2) is 0 Å². The lowest BCUT2D eigenvalue weighted by Crippen LogP contribution is -2.50. The maximum absolute atomic E-state index is 15.0. The summed E-state index contributed by atoms with van der Waals surface area (Å²) in [6.45, 7) is 3.93. The summed E-state index contributed by atoms with van der Waals surface area (Å²) in [5, 5.41) is 21.2. The third-order valence-electron chi connectivity index (χ3n) is 7.32. The number of piperazine rings is 1. The molecule has 0 radical (unpaired) electrons. The Morgan fingerprint density at radius 1 is 1.24 bits per heavy atom. The topological polar surface area (TPSA) is 90.8 Å². The van der Waals surface area contributed by atoms with E-state index in [0.29, 0.717) is 50.6 Å². The Bertz CT molecular complexity index is 1310. The number of aliphatic hydroxyl groups excluding tert-OH is 1. The second-order valence-corrected chi connectivity index (χ2v) is 9.77. The fourth-order valence-corrected chi connectivity index (χ4v) is 5.09. The quantitative estimate of drug-likeness (QED) is 0.482. The maximum atomic E-state index is 15.0. The summed E-state index contributed by atoms with van der Waals surface area (Å²) >= 11 is 0. The zero-order chi connectivity index (χ0) is 26.9. The highest BCUT2D eigenvalue weighted by Crippen LogP contribution is 2.34. The summed E-state index contributed by atoms with van der Waals surface area (Å²) in [5.74, 6) is -4.63. The number of amides is 1. The van der Waals surface area contributed by atoms with Crippen LogP contribution in [0.15, 0.2) is 42.6 Å². The summed E-state index contributed by atoms with van der Waals surface area (Å²) in [6, 6.07) is 8.86. The van der Waals surface area contributed by atoms with Crippen molar-refractivity contribution in [1.82, 2.24) is 15.1 Å². The second kappa shape index (κ2) is 10.7. The van der Waals surface area contributed by atoms with E-state index in [1.807, 2.05) is 23.1 Å². The molecule has 0 aliphatic carbocycles. The Balaban J connectivity index is 1.34. The summed E-state index contributed by atoms with van der Waals surface area (Å²) < 4.78 is 48.4. The molecule has 202 valence electrons. The number of benzene rings is 2. The number of hydrogen-bond donors (Lipinski definition) is 2. The van der Waals surface area contributed by atoms with Crippen molar-refractivity contribution in [2.24, 2.45) is 5.92 Å². The molecule has 2 N–H and O–H groups in total. The van der Waals surface area contributed by atoms with Crippen LogP contribution in [0, 0.1) is 11.7 Å². The fourth-order valence-electron chi connectivity index (χ4n) is 5.09. The molecule has 2 saturated heterocycles. The lowest BCUT2D eigenvalue weighted by molar-refractivity contribution is -0.135. The van der Waals surface area contributed by atoms with Crippen LogP contribution >= 0.6 is 0 Å². The first kappa shape index (κ1) is 26.2. The van der Waals surface area contributed by atoms with Crippen molar-refractivity contribution >= 4 is 28.2 Å². The zero-order valence-electron chi connectivity index (χ0n) is 21.0. The minimum Gasteiger partial charge on any atom is -0.390 e. The molecule has 1 aromatic heterocycles. The summed E-state index contributed by atoms with van der Waals surface area (Å²) in [6.07, 6.45) is 2.30. The van der Waals surface area contributed by atoms with Crippen molar-refractivity contribution in [3.8, 4) is 0 Å². The monoisotopic (exact) mass is 529 g/mol. The highest BCUT2D eigenvalue weighted by atomic mass is 19.3. The number of carbonyl (C=O) groups excluding carboxylic acids is 1. The van der Waals surface area contributed by atoms with Gasteiger partial charge in [-0.3, -0.25) is 4.79 Å². The maximum Gasteiger partial charge on any atom is 0.298 e. The van der Waals surface area contributed by atoms with Gasteiger partial charge in [0.05, 0.1) is 41.5 Å². The Morgan fingerprint density at radius 2 is 2.03 bits per heavy atom. The average Bonchev–Trinajstić information content (AvgIpc) is 3.48. The van der Waals surface area contributed by atoms with Crippen molar-refractivity contribution in [2.45, 2.75) is 25.3 Å². The Hall–Kier alpha value is -3.44. The lowest BCUT2D eigenvalue weighted by Gasteiger charge is -2.37. The molecule has 0 saturated carbocycles. The molecule has 2 aliphatic heterocycles. The smallest absolute Gasteiger partial charge is 0.298 e. The number of alkyl halides is 2. The standard InChI is InChI=1S/C27H30F3N5O3/c1-17(20-3-2-4-22(25(20)28)27(29,30)16-36)32-24-14-31-33-23-6-5-19(13-21(23)24)34-8-10-35(11-9-34)26(37)18-7-12-38-15-18/h2-6,13-14,17-18,36H,7-12,15-16H2,1H3,(H,32,33)/t17-,18?/m1/s1. The first-order chi connectivity index (χ1) is 18.3. The molecule has 3 heterocycles. The van der Waals surface area contributed by atoms with Gasteiger partial charge >= 0.3 is 0 Å². The Kier molecular flexibility index (Phi) is 7.40. The van der Waals surface area contributed by atoms with Crippen LogP contribution in [-0.2, 0) is 15.5 Å². The van der Waals surface area contributed by atoms with Gasteiger partial charge in [-0.15, -0.1) is 0 Å². The van der Waals surface area contributed by atoms with Crippen LogP contribution in [0.5, 0.6) is 0 Å². The Labute approximate surface area is 218 Å². The van der Waals surface area contributed by atoms with Crippen molar-refractivity contribution < 1.29 is 27.8 Å². The normalized spacial score (nSPS) is 19.1. The number of nitrogens with zero attached hydrogens (tertiary/aromatic N) is 4. The van der Waals surface area contributed by atoms with Gasteiger partial charge in [-0.2, -0.15) is 19.0 Å². The van der Waals surface area contributed by atoms with Gasteiger partial charge in [0.25, 0.3) is 5.92 Å². The van der Waals surface area contributed by atoms with E-state index in [4.69, 9.17) is 9.84 Å². The summed E-state index contributed by atoms with van der Waals surface area (Å²) in [5.41, 5.74) is 1.36. The van der Waals surface area contributed by atoms with E-state index in [-0.39, 0.29) is 17.4 Å². The minimum atomic E-state index is -3.68. The van der Waals surface area contributed by atoms with E-state index in [1.54, 1.807) is 6.92 Å². The number of anilines is 2. The number of rotatable bonds is 7. The number of ether oxygens (including phenoxy) is 1. The van der Waals surface area contributed by atoms with Gasteiger partial charge in [0.1, 0.15) is 12.4 Å². The molecule has 5 rings (SSSR count). The van der Waals surface area contributed by atoms with Crippen LogP contribution in [0.2, 0.25) is 0 Å². The third kappa shape index (κ3) is 5.12. The molecule has 2 aliphatic rings. The number of fused-ring (bicyclic) bond motifs is 1. The van der Waals surface area contributed by atoms with Crippen LogP contribution in [0.3, 0.4) is 0 Å². The first-order valence-corrected chi connectivity index (χ1v) is 12.7. The number of hydrogen-bond acceptors (Lipinski definition) is 7. The largest absolute Gasteiger partial charge is 0.390 e. The molecule has 38 heavy (non-hydrogen) atoms. The van der Waals surface area contributed by atoms with E-state index in [2.05, 4.69) is 20.4 Å². The van der Waals surface area contributed by atoms with Gasteiger partial charge < -0.3 is 25.0 Å². The van der Waals surface area contributed by atoms with Gasteiger partial charge in [0.2, 0.25) is 5.91 Å². The van der Waals surface area contributed by atoms with Crippen LogP contribution in [0.25, 0.3) is 10.9 Å². The number of carbonyl (C=O) groups is 1. The molecule has 2 aromatic carbocycles. The third-order valence-corrected chi connectivity index (χ3v) is 7.32. The van der Waals surface area contributed by atoms with Crippen molar-refractivity contribution in [1.29, 1.82) is 0 Å². The van der Waals surface area contributed by atoms with Crippen LogP contribution in [0.4, 0.5) is 24.5 Å². The van der Waals surface area contributed by atoms with Crippen molar-refractivity contribution in [3.05, 3.63) is 59.5 Å². The summed E-state index contributed by atoms with van der Waals surface area (Å²) in [4.78, 5) is 16.8. The number of aromatic nitrogens is 2. The van der Waals surface area contributed by atoms with Crippen LogP contribution in [-0.4, -0.2) is 72.1 Å². The van der Waals surface area contributed by atoms with Gasteiger partial charge in [0, 0.05) is 49.4 Å². The predicted octanol–water partition coefficient (Wildman–Crippen LogP) is 3.71. The highest BCUT2D eigenvalue weighted by molar-refractivity contribution is 5.93. The van der Waals surface area contributed by atoms with E-state index in [0.717, 1.165) is 23.6 Å². The predicted molar refractivity (Wildman–Crippen MR) is 137 cm³/mol. The second-order valence-electron chi connectivity index (χ2n) is 9.77. The molecule has 1 amide bonds. The van der Waals surface area contributed by atoms with Crippen molar-refractivity contribution in [3.63, 3.8) is 0 Å². The van der Waals surface area contributed by atoms with Gasteiger partial charge in [-0.1, -0.05) is 12.1 Å². The minimum absolute atomic E-state index is 0.0446. The van der Waals surface area contributed by atoms with Crippen molar-refractivity contribution in [2.75, 3.05) is 56.2 Å². The van der Waals surface area contributed by atoms with E-state index < -0.39 is 30.0 Å². The molecule has 3 aromatic rings. The van der Waals surface area contributed by atoms with Crippen LogP contribution in [0.1, 0.15) is 30.5 Å².